The SMILES string of the molecule is CC[C@@H]1[C@H](F)C(=O)N[C@@H]1COS(=O)(=O)c1ccc(C)cc1. The molecule has 5 nitrogen and oxygen atoms in total. The predicted molar refractivity (Wildman–Crippen MR) is 74.9 cm³/mol. The van der Waals surface area contributed by atoms with Gasteiger partial charge in [-0.05, 0) is 25.5 Å². The second kappa shape index (κ2) is 6.11. The first-order valence-electron chi connectivity index (χ1n) is 6.75. The van der Waals surface area contributed by atoms with Crippen molar-refractivity contribution < 1.29 is 21.8 Å². The van der Waals surface area contributed by atoms with Crippen LogP contribution in [0.1, 0.15) is 18.9 Å². The number of halogens is 1. The summed E-state index contributed by atoms with van der Waals surface area (Å²) in [5, 5.41) is 2.43. The number of carbonyl (C=O) groups is 1. The number of amides is 1. The molecule has 1 amide bonds. The van der Waals surface area contributed by atoms with E-state index in [2.05, 4.69) is 5.32 Å². The molecule has 1 N–H and O–H groups in total. The van der Waals surface area contributed by atoms with Crippen molar-refractivity contribution in [1.82, 2.24) is 5.32 Å². The van der Waals surface area contributed by atoms with E-state index in [4.69, 9.17) is 4.18 Å². The molecule has 2 rings (SSSR count). The smallest absolute Gasteiger partial charge is 0.297 e. The fourth-order valence-corrected chi connectivity index (χ4v) is 3.29. The van der Waals surface area contributed by atoms with E-state index >= 15 is 0 Å². The summed E-state index contributed by atoms with van der Waals surface area (Å²) in [6.07, 6.45) is -1.18. The van der Waals surface area contributed by atoms with Crippen molar-refractivity contribution in [2.45, 2.75) is 37.4 Å². The molecule has 1 heterocycles. The highest BCUT2D eigenvalue weighted by Crippen LogP contribution is 2.25. The molecule has 0 aromatic heterocycles. The molecule has 0 bridgehead atoms. The molecule has 1 aliphatic heterocycles. The van der Waals surface area contributed by atoms with E-state index < -0.39 is 34.2 Å². The molecule has 1 aromatic rings. The molecule has 1 fully saturated rings. The van der Waals surface area contributed by atoms with Crippen LogP contribution in [0.2, 0.25) is 0 Å². The number of nitrogens with one attached hydrogen (secondary N) is 1. The lowest BCUT2D eigenvalue weighted by atomic mass is 9.97. The normalized spacial score (nSPS) is 25.9. The summed E-state index contributed by atoms with van der Waals surface area (Å²) in [5.74, 6) is -1.27. The summed E-state index contributed by atoms with van der Waals surface area (Å²) in [5.41, 5.74) is 0.934. The number of benzene rings is 1. The summed E-state index contributed by atoms with van der Waals surface area (Å²) in [6.45, 7) is 3.33. The van der Waals surface area contributed by atoms with Crippen molar-refractivity contribution in [2.75, 3.05) is 6.61 Å². The second-order valence-corrected chi connectivity index (χ2v) is 6.76. The maximum atomic E-state index is 13.6. The Hall–Kier alpha value is -1.47. The van der Waals surface area contributed by atoms with Gasteiger partial charge in [-0.2, -0.15) is 8.42 Å². The Labute approximate surface area is 123 Å². The molecule has 21 heavy (non-hydrogen) atoms. The highest BCUT2D eigenvalue weighted by Gasteiger charge is 2.42. The fourth-order valence-electron chi connectivity index (χ4n) is 2.36. The third-order valence-corrected chi connectivity index (χ3v) is 4.95. The van der Waals surface area contributed by atoms with E-state index in [1.54, 1.807) is 19.1 Å². The van der Waals surface area contributed by atoms with Crippen molar-refractivity contribution in [2.24, 2.45) is 5.92 Å². The van der Waals surface area contributed by atoms with E-state index in [-0.39, 0.29) is 11.5 Å². The van der Waals surface area contributed by atoms with Gasteiger partial charge in [0.15, 0.2) is 6.17 Å². The zero-order valence-corrected chi connectivity index (χ0v) is 12.7. The molecule has 116 valence electrons. The lowest BCUT2D eigenvalue weighted by molar-refractivity contribution is -0.123. The maximum absolute atomic E-state index is 13.6. The molecule has 1 saturated heterocycles. The van der Waals surface area contributed by atoms with Crippen LogP contribution in [0, 0.1) is 12.8 Å². The molecule has 7 heteroatoms. The van der Waals surface area contributed by atoms with E-state index in [0.29, 0.717) is 6.42 Å². The van der Waals surface area contributed by atoms with Gasteiger partial charge in [-0.25, -0.2) is 4.39 Å². The van der Waals surface area contributed by atoms with Crippen LogP contribution in [-0.2, 0) is 19.1 Å². The predicted octanol–water partition coefficient (Wildman–Crippen LogP) is 1.56. The van der Waals surface area contributed by atoms with Crippen molar-refractivity contribution in [3.05, 3.63) is 29.8 Å². The first-order valence-corrected chi connectivity index (χ1v) is 8.16. The standard InChI is InChI=1S/C14H18FNO4S/c1-3-11-12(16-14(17)13(11)15)8-20-21(18,19)10-6-4-9(2)5-7-10/h4-7,11-13H,3,8H2,1-2H3,(H,16,17)/t11-,12+,13-/m0/s1. The van der Waals surface area contributed by atoms with Crippen molar-refractivity contribution >= 4 is 16.0 Å². The fraction of sp³-hybridized carbons (Fsp3) is 0.500. The lowest BCUT2D eigenvalue weighted by Gasteiger charge is -2.17. The van der Waals surface area contributed by atoms with Gasteiger partial charge in [0.1, 0.15) is 0 Å². The number of rotatable bonds is 5. The van der Waals surface area contributed by atoms with Crippen LogP contribution in [0.15, 0.2) is 29.2 Å². The Morgan fingerprint density at radius 1 is 1.29 bits per heavy atom. The summed E-state index contributed by atoms with van der Waals surface area (Å²) < 4.78 is 42.6. The summed E-state index contributed by atoms with van der Waals surface area (Å²) >= 11 is 0. The minimum Gasteiger partial charge on any atom is -0.348 e. The number of carbonyl (C=O) groups excluding carboxylic acids is 1. The third-order valence-electron chi connectivity index (χ3n) is 3.65. The van der Waals surface area contributed by atoms with Gasteiger partial charge < -0.3 is 5.32 Å². The summed E-state index contributed by atoms with van der Waals surface area (Å²) in [4.78, 5) is 11.3. The third kappa shape index (κ3) is 3.41. The molecular weight excluding hydrogens is 297 g/mol. The highest BCUT2D eigenvalue weighted by molar-refractivity contribution is 7.86. The van der Waals surface area contributed by atoms with E-state index in [1.165, 1.54) is 12.1 Å². The van der Waals surface area contributed by atoms with Gasteiger partial charge in [0.05, 0.1) is 17.5 Å². The van der Waals surface area contributed by atoms with Crippen LogP contribution < -0.4 is 5.32 Å². The second-order valence-electron chi connectivity index (χ2n) is 5.14. The summed E-state index contributed by atoms with van der Waals surface area (Å²) in [6, 6.07) is 5.61. The van der Waals surface area contributed by atoms with Crippen molar-refractivity contribution in [3.63, 3.8) is 0 Å². The number of alkyl halides is 1. The number of hydrogen-bond donors (Lipinski definition) is 1. The monoisotopic (exact) mass is 315 g/mol. The lowest BCUT2D eigenvalue weighted by Crippen LogP contribution is -2.34. The van der Waals surface area contributed by atoms with Gasteiger partial charge in [0.2, 0.25) is 0 Å². The van der Waals surface area contributed by atoms with Gasteiger partial charge in [-0.15, -0.1) is 0 Å². The molecule has 0 radical (unpaired) electrons. The Morgan fingerprint density at radius 3 is 2.48 bits per heavy atom. The highest BCUT2D eigenvalue weighted by atomic mass is 32.2. The minimum atomic E-state index is -3.90. The topological polar surface area (TPSA) is 72.5 Å². The Balaban J connectivity index is 2.05. The molecule has 1 aromatic carbocycles. The molecule has 0 aliphatic carbocycles. The largest absolute Gasteiger partial charge is 0.348 e. The first kappa shape index (κ1) is 15.9. The number of hydrogen-bond acceptors (Lipinski definition) is 4. The molecule has 0 unspecified atom stereocenters. The van der Waals surface area contributed by atoms with E-state index in [0.717, 1.165) is 5.56 Å². The number of aryl methyl sites for hydroxylation is 1. The van der Waals surface area contributed by atoms with Crippen molar-refractivity contribution in [1.29, 1.82) is 0 Å². The molecule has 0 spiro atoms. The van der Waals surface area contributed by atoms with Gasteiger partial charge in [-0.1, -0.05) is 24.6 Å². The van der Waals surface area contributed by atoms with Gasteiger partial charge in [-0.3, -0.25) is 8.98 Å². The zero-order chi connectivity index (χ0) is 15.6. The first-order chi connectivity index (χ1) is 9.85. The Morgan fingerprint density at radius 2 is 1.90 bits per heavy atom. The van der Waals surface area contributed by atoms with Crippen LogP contribution in [-0.4, -0.2) is 33.1 Å². The van der Waals surface area contributed by atoms with E-state index in [9.17, 15) is 17.6 Å². The Bertz CT molecular complexity index is 614. The molecular formula is C14H18FNO4S. The van der Waals surface area contributed by atoms with Gasteiger partial charge >= 0.3 is 0 Å². The van der Waals surface area contributed by atoms with Crippen LogP contribution in [0.5, 0.6) is 0 Å². The van der Waals surface area contributed by atoms with Crippen LogP contribution in [0.4, 0.5) is 4.39 Å². The van der Waals surface area contributed by atoms with Crippen LogP contribution >= 0.6 is 0 Å². The average molecular weight is 315 g/mol. The van der Waals surface area contributed by atoms with Crippen LogP contribution in [0.3, 0.4) is 0 Å². The molecule has 1 aliphatic rings. The van der Waals surface area contributed by atoms with Crippen LogP contribution in [0.25, 0.3) is 0 Å². The Kier molecular flexibility index (Phi) is 4.63. The quantitative estimate of drug-likeness (QED) is 0.837. The molecule has 3 atom stereocenters. The summed E-state index contributed by atoms with van der Waals surface area (Å²) in [7, 11) is -3.90. The van der Waals surface area contributed by atoms with Gasteiger partial charge in [0.25, 0.3) is 16.0 Å². The maximum Gasteiger partial charge on any atom is 0.297 e. The van der Waals surface area contributed by atoms with E-state index in [1.807, 2.05) is 6.92 Å². The van der Waals surface area contributed by atoms with Gasteiger partial charge in [0, 0.05) is 5.92 Å². The average Bonchev–Trinajstić information content (AvgIpc) is 2.72. The minimum absolute atomic E-state index is 0.0438. The van der Waals surface area contributed by atoms with Crippen molar-refractivity contribution in [3.8, 4) is 0 Å². The zero-order valence-electron chi connectivity index (χ0n) is 11.9. The molecule has 0 saturated carbocycles.